The lowest BCUT2D eigenvalue weighted by molar-refractivity contribution is -0.141. The normalized spacial score (nSPS) is 20.5. The molecule has 1 unspecified atom stereocenters. The number of carboxylic acid groups (broad SMARTS) is 4. The van der Waals surface area contributed by atoms with E-state index in [2.05, 4.69) is 5.32 Å². The molecule has 0 aromatic heterocycles. The maximum absolute atomic E-state index is 11.9. The van der Waals surface area contributed by atoms with Crippen molar-refractivity contribution in [2.75, 3.05) is 57.7 Å². The highest BCUT2D eigenvalue weighted by Crippen LogP contribution is 2.21. The molecule has 1 saturated heterocycles. The molecule has 1 aromatic carbocycles. The third-order valence-electron chi connectivity index (χ3n) is 7.13. The number of hydrogen-bond acceptors (Lipinski definition) is 8. The molecule has 0 bridgehead atoms. The molecule has 0 amide bonds. The maximum atomic E-state index is 11.9. The molecule has 13 heteroatoms. The van der Waals surface area contributed by atoms with Gasteiger partial charge in [0, 0.05) is 37.8 Å². The SMILES string of the molecule is CC(=S)Nc1ccc(CC2CN(CC(=O)O)CCC[C@H](CC(=O)O)CCCN(CC(=O)O)CCN2CC(=O)O)cc1. The quantitative estimate of drug-likeness (QED) is 0.236. The van der Waals surface area contributed by atoms with Crippen molar-refractivity contribution in [3.05, 3.63) is 29.8 Å². The number of anilines is 1. The molecule has 0 saturated carbocycles. The molecule has 1 aliphatic rings. The van der Waals surface area contributed by atoms with Crippen molar-refractivity contribution in [1.29, 1.82) is 0 Å². The van der Waals surface area contributed by atoms with E-state index >= 15 is 0 Å². The molecular formula is C28H42N4O8S. The van der Waals surface area contributed by atoms with Gasteiger partial charge in [0.1, 0.15) is 0 Å². The minimum atomic E-state index is -1.03. The van der Waals surface area contributed by atoms with Crippen LogP contribution in [0.5, 0.6) is 0 Å². The fourth-order valence-electron chi connectivity index (χ4n) is 5.33. The van der Waals surface area contributed by atoms with E-state index in [9.17, 15) is 39.6 Å². The van der Waals surface area contributed by atoms with Gasteiger partial charge in [0.25, 0.3) is 0 Å². The highest BCUT2D eigenvalue weighted by atomic mass is 32.1. The standard InChI is InChI=1S/C28H42N4O8S/c1-20(41)29-23-8-6-22(7-9-23)14-24-16-31(18-27(37)38)11-3-5-21(15-25(33)34)4-2-10-30(17-26(35)36)12-13-32(24)19-28(39)40/h6-9,21,24H,2-5,10-19H2,1H3,(H,29,41)(H,33,34)(H,35,36)(H,37,38)(H,39,40)/t21-,24?/m1/s1. The molecule has 1 fully saturated rings. The van der Waals surface area contributed by atoms with Gasteiger partial charge < -0.3 is 25.7 Å². The van der Waals surface area contributed by atoms with Gasteiger partial charge in [-0.3, -0.25) is 33.9 Å². The summed E-state index contributed by atoms with van der Waals surface area (Å²) < 4.78 is 0. The molecule has 12 nitrogen and oxygen atoms in total. The first-order chi connectivity index (χ1) is 19.4. The molecule has 5 N–H and O–H groups in total. The minimum absolute atomic E-state index is 0.000477. The van der Waals surface area contributed by atoms with Gasteiger partial charge in [-0.1, -0.05) is 24.4 Å². The Kier molecular flexibility index (Phi) is 14.7. The monoisotopic (exact) mass is 594 g/mol. The third-order valence-corrected chi connectivity index (χ3v) is 7.23. The summed E-state index contributed by atoms with van der Waals surface area (Å²) in [6.45, 7) is 2.78. The Morgan fingerprint density at radius 3 is 1.90 bits per heavy atom. The number of nitrogens with one attached hydrogen (secondary N) is 1. The summed E-state index contributed by atoms with van der Waals surface area (Å²) in [7, 11) is 0. The first-order valence-electron chi connectivity index (χ1n) is 13.8. The van der Waals surface area contributed by atoms with Gasteiger partial charge in [0.15, 0.2) is 0 Å². The van der Waals surface area contributed by atoms with Crippen LogP contribution in [-0.2, 0) is 25.6 Å². The van der Waals surface area contributed by atoms with Crippen LogP contribution < -0.4 is 5.32 Å². The second-order valence-electron chi connectivity index (χ2n) is 10.6. The molecule has 0 radical (unpaired) electrons. The molecule has 2 rings (SSSR count). The van der Waals surface area contributed by atoms with Crippen molar-refractivity contribution >= 4 is 46.8 Å². The van der Waals surface area contributed by atoms with Crippen LogP contribution in [0.25, 0.3) is 0 Å². The molecule has 41 heavy (non-hydrogen) atoms. The van der Waals surface area contributed by atoms with Crippen molar-refractivity contribution in [1.82, 2.24) is 14.7 Å². The van der Waals surface area contributed by atoms with E-state index in [4.69, 9.17) is 12.2 Å². The first-order valence-corrected chi connectivity index (χ1v) is 14.2. The van der Waals surface area contributed by atoms with Crippen LogP contribution >= 0.6 is 12.2 Å². The van der Waals surface area contributed by atoms with Crippen LogP contribution in [0.4, 0.5) is 5.69 Å². The smallest absolute Gasteiger partial charge is 0.317 e. The molecule has 0 aliphatic carbocycles. The van der Waals surface area contributed by atoms with Gasteiger partial charge in [-0.2, -0.15) is 0 Å². The van der Waals surface area contributed by atoms with Crippen molar-refractivity contribution in [3.63, 3.8) is 0 Å². The first kappa shape index (κ1) is 34.1. The van der Waals surface area contributed by atoms with Crippen LogP contribution in [0.15, 0.2) is 24.3 Å². The van der Waals surface area contributed by atoms with Gasteiger partial charge in [0.2, 0.25) is 0 Å². The number of carbonyl (C=O) groups is 4. The van der Waals surface area contributed by atoms with E-state index in [0.29, 0.717) is 56.7 Å². The summed E-state index contributed by atoms with van der Waals surface area (Å²) >= 11 is 5.10. The van der Waals surface area contributed by atoms with Crippen LogP contribution in [-0.4, -0.2) is 122 Å². The Balaban J connectivity index is 2.39. The molecule has 2 atom stereocenters. The summed E-state index contributed by atoms with van der Waals surface area (Å²) in [5, 5.41) is 41.3. The predicted molar refractivity (Wildman–Crippen MR) is 157 cm³/mol. The van der Waals surface area contributed by atoms with Crippen molar-refractivity contribution in [2.45, 2.75) is 51.5 Å². The molecule has 0 spiro atoms. The van der Waals surface area contributed by atoms with Crippen molar-refractivity contribution in [2.24, 2.45) is 5.92 Å². The lowest BCUT2D eigenvalue weighted by atomic mass is 9.93. The van der Waals surface area contributed by atoms with Gasteiger partial charge >= 0.3 is 23.9 Å². The highest BCUT2D eigenvalue weighted by Gasteiger charge is 2.27. The number of nitrogens with zero attached hydrogens (tertiary/aromatic N) is 3. The second-order valence-corrected chi connectivity index (χ2v) is 11.3. The minimum Gasteiger partial charge on any atom is -0.481 e. The van der Waals surface area contributed by atoms with Gasteiger partial charge in [0.05, 0.1) is 24.6 Å². The number of aliphatic carboxylic acids is 4. The Morgan fingerprint density at radius 2 is 1.37 bits per heavy atom. The topological polar surface area (TPSA) is 171 Å². The summed E-state index contributed by atoms with van der Waals surface area (Å²) in [6, 6.07) is 7.21. The molecule has 1 heterocycles. The summed E-state index contributed by atoms with van der Waals surface area (Å²) in [5.41, 5.74) is 1.75. The van der Waals surface area contributed by atoms with E-state index in [-0.39, 0.29) is 51.1 Å². The Hall–Kier alpha value is -3.13. The highest BCUT2D eigenvalue weighted by molar-refractivity contribution is 7.80. The van der Waals surface area contributed by atoms with Crippen molar-refractivity contribution < 1.29 is 39.6 Å². The zero-order valence-electron chi connectivity index (χ0n) is 23.5. The van der Waals surface area contributed by atoms with Gasteiger partial charge in [-0.05, 0) is 75.7 Å². The number of hydrogen-bond donors (Lipinski definition) is 5. The number of carboxylic acids is 4. The lowest BCUT2D eigenvalue weighted by Crippen LogP contribution is -2.51. The number of thiocarbonyl (C=S) groups is 1. The Labute approximate surface area is 245 Å². The van der Waals surface area contributed by atoms with E-state index in [1.807, 2.05) is 24.3 Å². The van der Waals surface area contributed by atoms with Crippen LogP contribution in [0, 0.1) is 5.92 Å². The summed E-state index contributed by atoms with van der Waals surface area (Å²) in [4.78, 5) is 52.6. The maximum Gasteiger partial charge on any atom is 0.317 e. The van der Waals surface area contributed by atoms with E-state index < -0.39 is 23.9 Å². The molecule has 228 valence electrons. The van der Waals surface area contributed by atoms with Gasteiger partial charge in [-0.15, -0.1) is 0 Å². The van der Waals surface area contributed by atoms with Crippen LogP contribution in [0.1, 0.15) is 44.6 Å². The van der Waals surface area contributed by atoms with E-state index in [1.54, 1.807) is 21.6 Å². The predicted octanol–water partition coefficient (Wildman–Crippen LogP) is 2.18. The zero-order chi connectivity index (χ0) is 30.4. The molecule has 1 aromatic rings. The van der Waals surface area contributed by atoms with Crippen LogP contribution in [0.3, 0.4) is 0 Å². The Morgan fingerprint density at radius 1 is 0.805 bits per heavy atom. The lowest BCUT2D eigenvalue weighted by Gasteiger charge is -2.36. The second kappa shape index (κ2) is 17.6. The molecule has 1 aliphatic heterocycles. The Bertz CT molecular complexity index is 1040. The average Bonchev–Trinajstić information content (AvgIpc) is 2.84. The van der Waals surface area contributed by atoms with Crippen LogP contribution in [0.2, 0.25) is 0 Å². The van der Waals surface area contributed by atoms with Gasteiger partial charge in [-0.25, -0.2) is 0 Å². The molecular weight excluding hydrogens is 552 g/mol. The largest absolute Gasteiger partial charge is 0.481 e. The third kappa shape index (κ3) is 14.4. The number of benzene rings is 1. The fraction of sp³-hybridized carbons (Fsp3) is 0.607. The summed E-state index contributed by atoms with van der Waals surface area (Å²) in [5.74, 6) is -4.03. The zero-order valence-corrected chi connectivity index (χ0v) is 24.4. The fourth-order valence-corrected chi connectivity index (χ4v) is 5.45. The van der Waals surface area contributed by atoms with E-state index in [1.165, 1.54) is 0 Å². The summed E-state index contributed by atoms with van der Waals surface area (Å²) in [6.07, 6.45) is 2.84. The van der Waals surface area contributed by atoms with E-state index in [0.717, 1.165) is 11.3 Å². The van der Waals surface area contributed by atoms with Crippen molar-refractivity contribution in [3.8, 4) is 0 Å². The number of rotatable bonds is 11. The average molecular weight is 595 g/mol.